The van der Waals surface area contributed by atoms with Gasteiger partial charge in [-0.05, 0) is 12.1 Å². The Morgan fingerprint density at radius 1 is 1.10 bits per heavy atom. The molecule has 1 aromatic carbocycles. The Bertz CT molecular complexity index is 672. The Balaban J connectivity index is 2.85. The van der Waals surface area contributed by atoms with Crippen LogP contribution in [0, 0.1) is 20.2 Å². The lowest BCUT2D eigenvalue weighted by atomic mass is 10.1. The molecule has 1 N–H and O–H groups in total. The van der Waals surface area contributed by atoms with Gasteiger partial charge in [-0.25, -0.2) is 4.79 Å². The maximum absolute atomic E-state index is 11.2. The lowest BCUT2D eigenvalue weighted by Gasteiger charge is -2.08. The smallest absolute Gasteiger partial charge is 0.338 e. The van der Waals surface area contributed by atoms with Crippen LogP contribution in [-0.4, -0.2) is 25.5 Å². The van der Waals surface area contributed by atoms with Crippen molar-refractivity contribution in [3.63, 3.8) is 0 Å². The van der Waals surface area contributed by atoms with E-state index >= 15 is 0 Å². The number of benzene rings is 1. The molecule has 0 spiro atoms. The lowest BCUT2D eigenvalue weighted by Crippen LogP contribution is -2.09. The second-order valence-corrected chi connectivity index (χ2v) is 3.77. The molecule has 0 aliphatic rings. The van der Waals surface area contributed by atoms with E-state index in [0.29, 0.717) is 0 Å². The SMILES string of the molecule is O=C(O)c1cc([N+](=O)[O-])cc([N+](=O)[O-])c1-n1cccc1. The summed E-state index contributed by atoms with van der Waals surface area (Å²) >= 11 is 0. The van der Waals surface area contributed by atoms with Gasteiger partial charge >= 0.3 is 11.7 Å². The van der Waals surface area contributed by atoms with Crippen molar-refractivity contribution in [3.05, 3.63) is 62.5 Å². The van der Waals surface area contributed by atoms with Gasteiger partial charge in [-0.3, -0.25) is 20.2 Å². The van der Waals surface area contributed by atoms with Crippen LogP contribution >= 0.6 is 0 Å². The maximum Gasteiger partial charge on any atom is 0.338 e. The topological polar surface area (TPSA) is 129 Å². The second-order valence-electron chi connectivity index (χ2n) is 3.77. The summed E-state index contributed by atoms with van der Waals surface area (Å²) in [5.74, 6) is -1.49. The number of carboxylic acids is 1. The first-order valence-corrected chi connectivity index (χ1v) is 5.25. The highest BCUT2D eigenvalue weighted by atomic mass is 16.6. The summed E-state index contributed by atoms with van der Waals surface area (Å²) in [4.78, 5) is 31.3. The number of hydrogen-bond acceptors (Lipinski definition) is 5. The van der Waals surface area contributed by atoms with Gasteiger partial charge < -0.3 is 9.67 Å². The first-order valence-electron chi connectivity index (χ1n) is 5.25. The van der Waals surface area contributed by atoms with E-state index < -0.39 is 32.8 Å². The van der Waals surface area contributed by atoms with Gasteiger partial charge in [-0.2, -0.15) is 0 Å². The molecule has 0 bridgehead atoms. The molecule has 1 heterocycles. The summed E-state index contributed by atoms with van der Waals surface area (Å²) in [5, 5.41) is 30.9. The molecular formula is C11H7N3O6. The number of nitro groups is 2. The van der Waals surface area contributed by atoms with Gasteiger partial charge in [0.25, 0.3) is 5.69 Å². The summed E-state index contributed by atoms with van der Waals surface area (Å²) in [6, 6.07) is 4.64. The highest BCUT2D eigenvalue weighted by Crippen LogP contribution is 2.32. The van der Waals surface area contributed by atoms with Gasteiger partial charge in [0.15, 0.2) is 0 Å². The van der Waals surface area contributed by atoms with Crippen LogP contribution in [0.5, 0.6) is 0 Å². The Morgan fingerprint density at radius 2 is 1.70 bits per heavy atom. The van der Waals surface area contributed by atoms with Gasteiger partial charge in [0.1, 0.15) is 5.69 Å². The van der Waals surface area contributed by atoms with Crippen LogP contribution in [0.25, 0.3) is 5.69 Å². The van der Waals surface area contributed by atoms with E-state index in [1.54, 1.807) is 12.1 Å². The normalized spacial score (nSPS) is 10.2. The third-order valence-corrected chi connectivity index (χ3v) is 2.58. The predicted octanol–water partition coefficient (Wildman–Crippen LogP) is 1.99. The van der Waals surface area contributed by atoms with Crippen molar-refractivity contribution in [3.8, 4) is 5.69 Å². The molecule has 0 radical (unpaired) electrons. The number of aromatic carboxylic acids is 1. The molecule has 0 atom stereocenters. The Hall–Kier alpha value is -3.23. The number of nitrogens with zero attached hydrogens (tertiary/aromatic N) is 3. The summed E-state index contributed by atoms with van der Waals surface area (Å²) in [6.45, 7) is 0. The zero-order valence-electron chi connectivity index (χ0n) is 9.79. The van der Waals surface area contributed by atoms with Crippen molar-refractivity contribution in [2.24, 2.45) is 0 Å². The predicted molar refractivity (Wildman–Crippen MR) is 66.0 cm³/mol. The maximum atomic E-state index is 11.2. The molecule has 0 aliphatic carbocycles. The third-order valence-electron chi connectivity index (χ3n) is 2.58. The molecule has 1 aromatic heterocycles. The van der Waals surface area contributed by atoms with Crippen LogP contribution in [0.1, 0.15) is 10.4 Å². The Morgan fingerprint density at radius 3 is 2.15 bits per heavy atom. The number of non-ortho nitro benzene ring substituents is 1. The molecule has 102 valence electrons. The van der Waals surface area contributed by atoms with Crippen molar-refractivity contribution in [1.29, 1.82) is 0 Å². The van der Waals surface area contributed by atoms with Gasteiger partial charge in [-0.15, -0.1) is 0 Å². The number of carboxylic acid groups (broad SMARTS) is 1. The molecule has 0 unspecified atom stereocenters. The van der Waals surface area contributed by atoms with E-state index in [1.807, 2.05) is 0 Å². The Kier molecular flexibility index (Phi) is 3.17. The van der Waals surface area contributed by atoms with Crippen LogP contribution in [0.15, 0.2) is 36.7 Å². The molecule has 0 saturated heterocycles. The number of rotatable bonds is 4. The second kappa shape index (κ2) is 4.80. The minimum absolute atomic E-state index is 0.224. The van der Waals surface area contributed by atoms with E-state index in [9.17, 15) is 25.0 Å². The average Bonchev–Trinajstić information content (AvgIpc) is 2.90. The van der Waals surface area contributed by atoms with E-state index in [0.717, 1.165) is 12.1 Å². The molecule has 9 heteroatoms. The first-order chi connectivity index (χ1) is 9.41. The van der Waals surface area contributed by atoms with Gasteiger partial charge in [0, 0.05) is 18.5 Å². The number of hydrogen-bond donors (Lipinski definition) is 1. The van der Waals surface area contributed by atoms with E-state index in [2.05, 4.69) is 0 Å². The largest absolute Gasteiger partial charge is 0.478 e. The van der Waals surface area contributed by atoms with Crippen LogP contribution in [0.2, 0.25) is 0 Å². The summed E-state index contributed by atoms with van der Waals surface area (Å²) < 4.78 is 1.23. The lowest BCUT2D eigenvalue weighted by molar-refractivity contribution is -0.394. The molecular weight excluding hydrogens is 270 g/mol. The highest BCUT2D eigenvalue weighted by Gasteiger charge is 2.28. The molecule has 0 saturated carbocycles. The summed E-state index contributed by atoms with van der Waals surface area (Å²) in [5.41, 5.74) is -2.03. The van der Waals surface area contributed by atoms with Crippen molar-refractivity contribution in [2.45, 2.75) is 0 Å². The van der Waals surface area contributed by atoms with E-state index in [1.165, 1.54) is 17.0 Å². The summed E-state index contributed by atoms with van der Waals surface area (Å²) in [6.07, 6.45) is 2.83. The van der Waals surface area contributed by atoms with E-state index in [4.69, 9.17) is 5.11 Å². The van der Waals surface area contributed by atoms with Crippen molar-refractivity contribution >= 4 is 17.3 Å². The van der Waals surface area contributed by atoms with Gasteiger partial charge in [0.2, 0.25) is 0 Å². The molecule has 9 nitrogen and oxygen atoms in total. The molecule has 0 aliphatic heterocycles. The van der Waals surface area contributed by atoms with Crippen LogP contribution in [0.3, 0.4) is 0 Å². The van der Waals surface area contributed by atoms with Crippen molar-refractivity contribution < 1.29 is 19.7 Å². The fourth-order valence-corrected chi connectivity index (χ4v) is 1.77. The standard InChI is InChI=1S/C11H7N3O6/c15-11(16)8-5-7(13(17)18)6-9(14(19)20)10(8)12-3-1-2-4-12/h1-6H,(H,15,16). The number of nitro benzene ring substituents is 2. The average molecular weight is 277 g/mol. The van der Waals surface area contributed by atoms with E-state index in [-0.39, 0.29) is 5.69 Å². The number of carbonyl (C=O) groups is 1. The van der Waals surface area contributed by atoms with Crippen LogP contribution < -0.4 is 0 Å². The van der Waals surface area contributed by atoms with Gasteiger partial charge in [0.05, 0.1) is 21.5 Å². The van der Waals surface area contributed by atoms with Gasteiger partial charge in [-0.1, -0.05) is 0 Å². The monoisotopic (exact) mass is 277 g/mol. The molecule has 2 rings (SSSR count). The highest BCUT2D eigenvalue weighted by molar-refractivity contribution is 5.95. The van der Waals surface area contributed by atoms with Crippen LogP contribution in [0.4, 0.5) is 11.4 Å². The zero-order valence-corrected chi connectivity index (χ0v) is 9.79. The van der Waals surface area contributed by atoms with Crippen LogP contribution in [-0.2, 0) is 0 Å². The fourth-order valence-electron chi connectivity index (χ4n) is 1.77. The van der Waals surface area contributed by atoms with Crippen molar-refractivity contribution in [1.82, 2.24) is 4.57 Å². The minimum Gasteiger partial charge on any atom is -0.478 e. The molecule has 2 aromatic rings. The number of aromatic nitrogens is 1. The Labute approximate surface area is 111 Å². The first kappa shape index (κ1) is 13.2. The third kappa shape index (κ3) is 2.19. The minimum atomic E-state index is -1.49. The quantitative estimate of drug-likeness (QED) is 0.672. The molecule has 20 heavy (non-hydrogen) atoms. The molecule has 0 fully saturated rings. The summed E-state index contributed by atoms with van der Waals surface area (Å²) in [7, 11) is 0. The molecule has 0 amide bonds. The van der Waals surface area contributed by atoms with Crippen molar-refractivity contribution in [2.75, 3.05) is 0 Å². The zero-order chi connectivity index (χ0) is 14.9. The fraction of sp³-hybridized carbons (Fsp3) is 0.